The van der Waals surface area contributed by atoms with Crippen molar-refractivity contribution in [2.75, 3.05) is 18.6 Å². The predicted molar refractivity (Wildman–Crippen MR) is 107 cm³/mol. The van der Waals surface area contributed by atoms with Crippen LogP contribution in [0.1, 0.15) is 31.0 Å². The number of methoxy groups -OCH3 is 1. The first-order chi connectivity index (χ1) is 13.0. The standard InChI is InChI=1S/C22H25N3O2/c1-5-25(20-8-6-7-16(2)13-20)15-19(14-23)22(26)24-17(3)18-9-11-21(27-4)12-10-18/h6-13,15,17H,5H2,1-4H3,(H,24,26)/b19-15-. The van der Waals surface area contributed by atoms with Crippen molar-refractivity contribution in [2.45, 2.75) is 26.8 Å². The number of carbonyl (C=O) groups is 1. The molecular formula is C22H25N3O2. The second-order valence-electron chi connectivity index (χ2n) is 6.25. The van der Waals surface area contributed by atoms with E-state index in [1.165, 1.54) is 0 Å². The van der Waals surface area contributed by atoms with Gasteiger partial charge in [0.2, 0.25) is 0 Å². The van der Waals surface area contributed by atoms with Crippen LogP contribution in [0.5, 0.6) is 5.75 Å². The fraction of sp³-hybridized carbons (Fsp3) is 0.273. The van der Waals surface area contributed by atoms with Crippen LogP contribution >= 0.6 is 0 Å². The minimum Gasteiger partial charge on any atom is -0.497 e. The molecular weight excluding hydrogens is 338 g/mol. The number of amides is 1. The van der Waals surface area contributed by atoms with E-state index in [2.05, 4.69) is 5.32 Å². The monoisotopic (exact) mass is 363 g/mol. The van der Waals surface area contributed by atoms with Gasteiger partial charge < -0.3 is 15.0 Å². The number of nitrogens with zero attached hydrogens (tertiary/aromatic N) is 2. The summed E-state index contributed by atoms with van der Waals surface area (Å²) >= 11 is 0. The fourth-order valence-corrected chi connectivity index (χ4v) is 2.70. The van der Waals surface area contributed by atoms with E-state index in [0.717, 1.165) is 22.6 Å². The van der Waals surface area contributed by atoms with Crippen LogP contribution in [0, 0.1) is 18.3 Å². The number of benzene rings is 2. The van der Waals surface area contributed by atoms with Gasteiger partial charge in [0.25, 0.3) is 5.91 Å². The number of nitrogens with one attached hydrogen (secondary N) is 1. The Hall–Kier alpha value is -3.26. The number of hydrogen-bond acceptors (Lipinski definition) is 4. The Morgan fingerprint density at radius 3 is 2.56 bits per heavy atom. The summed E-state index contributed by atoms with van der Waals surface area (Å²) in [5.41, 5.74) is 3.07. The van der Waals surface area contributed by atoms with Crippen molar-refractivity contribution >= 4 is 11.6 Å². The van der Waals surface area contributed by atoms with Crippen molar-refractivity contribution in [3.05, 3.63) is 71.4 Å². The van der Waals surface area contributed by atoms with E-state index in [0.29, 0.717) is 6.54 Å². The highest BCUT2D eigenvalue weighted by atomic mass is 16.5. The van der Waals surface area contributed by atoms with E-state index < -0.39 is 5.91 Å². The molecule has 140 valence electrons. The molecule has 0 aromatic heterocycles. The van der Waals surface area contributed by atoms with Gasteiger partial charge in [0.1, 0.15) is 17.4 Å². The Balaban J connectivity index is 2.15. The van der Waals surface area contributed by atoms with Crippen molar-refractivity contribution in [1.29, 1.82) is 5.26 Å². The number of nitriles is 1. The third-order valence-electron chi connectivity index (χ3n) is 4.29. The minimum atomic E-state index is -0.396. The number of carbonyl (C=O) groups excluding carboxylic acids is 1. The molecule has 1 atom stereocenters. The van der Waals surface area contributed by atoms with Crippen LogP contribution in [0.2, 0.25) is 0 Å². The number of rotatable bonds is 7. The predicted octanol–water partition coefficient (Wildman–Crippen LogP) is 4.11. The molecule has 5 heteroatoms. The number of ether oxygens (including phenoxy) is 1. The van der Waals surface area contributed by atoms with Crippen molar-refractivity contribution in [3.63, 3.8) is 0 Å². The van der Waals surface area contributed by atoms with Gasteiger partial charge in [-0.15, -0.1) is 0 Å². The van der Waals surface area contributed by atoms with Crippen LogP contribution in [-0.2, 0) is 4.79 Å². The second-order valence-corrected chi connectivity index (χ2v) is 6.25. The summed E-state index contributed by atoms with van der Waals surface area (Å²) < 4.78 is 5.15. The molecule has 1 N–H and O–H groups in total. The molecule has 0 aliphatic carbocycles. The summed E-state index contributed by atoms with van der Waals surface area (Å²) in [6, 6.07) is 17.2. The summed E-state index contributed by atoms with van der Waals surface area (Å²) in [5.74, 6) is 0.360. The topological polar surface area (TPSA) is 65.4 Å². The Morgan fingerprint density at radius 1 is 1.30 bits per heavy atom. The van der Waals surface area contributed by atoms with Crippen LogP contribution < -0.4 is 15.0 Å². The maximum Gasteiger partial charge on any atom is 0.263 e. The van der Waals surface area contributed by atoms with Crippen LogP contribution in [-0.4, -0.2) is 19.6 Å². The van der Waals surface area contributed by atoms with E-state index in [1.807, 2.05) is 80.3 Å². The van der Waals surface area contributed by atoms with E-state index >= 15 is 0 Å². The van der Waals surface area contributed by atoms with Gasteiger partial charge in [0.05, 0.1) is 13.2 Å². The zero-order valence-corrected chi connectivity index (χ0v) is 16.2. The molecule has 2 rings (SSSR count). The zero-order chi connectivity index (χ0) is 19.8. The molecule has 0 saturated heterocycles. The molecule has 2 aromatic carbocycles. The quantitative estimate of drug-likeness (QED) is 0.594. The van der Waals surface area contributed by atoms with E-state index in [-0.39, 0.29) is 11.6 Å². The van der Waals surface area contributed by atoms with Crippen molar-refractivity contribution in [1.82, 2.24) is 5.32 Å². The van der Waals surface area contributed by atoms with E-state index in [4.69, 9.17) is 4.74 Å². The van der Waals surface area contributed by atoms with Gasteiger partial charge in [-0.2, -0.15) is 5.26 Å². The normalized spacial score (nSPS) is 12.0. The third kappa shape index (κ3) is 5.35. The summed E-state index contributed by atoms with van der Waals surface area (Å²) in [4.78, 5) is 14.5. The molecule has 0 aliphatic rings. The molecule has 0 radical (unpaired) electrons. The molecule has 5 nitrogen and oxygen atoms in total. The van der Waals surface area contributed by atoms with Gasteiger partial charge >= 0.3 is 0 Å². The first kappa shape index (κ1) is 20.1. The Bertz CT molecular complexity index is 851. The highest BCUT2D eigenvalue weighted by Gasteiger charge is 2.15. The van der Waals surface area contributed by atoms with Gasteiger partial charge in [0, 0.05) is 18.4 Å². The average Bonchev–Trinajstić information content (AvgIpc) is 2.68. The molecule has 0 heterocycles. The van der Waals surface area contributed by atoms with Crippen LogP contribution in [0.3, 0.4) is 0 Å². The lowest BCUT2D eigenvalue weighted by molar-refractivity contribution is -0.117. The summed E-state index contributed by atoms with van der Waals surface area (Å²) in [6.07, 6.45) is 1.60. The molecule has 0 spiro atoms. The number of anilines is 1. The molecule has 1 unspecified atom stereocenters. The number of hydrogen-bond donors (Lipinski definition) is 1. The molecule has 0 bridgehead atoms. The van der Waals surface area contributed by atoms with Gasteiger partial charge in [-0.25, -0.2) is 0 Å². The maximum absolute atomic E-state index is 12.6. The lowest BCUT2D eigenvalue weighted by Crippen LogP contribution is -2.29. The zero-order valence-electron chi connectivity index (χ0n) is 16.2. The van der Waals surface area contributed by atoms with Gasteiger partial charge in [0.15, 0.2) is 0 Å². The fourth-order valence-electron chi connectivity index (χ4n) is 2.70. The summed E-state index contributed by atoms with van der Waals surface area (Å²) in [5, 5.41) is 12.4. The van der Waals surface area contributed by atoms with Gasteiger partial charge in [-0.05, 0) is 56.2 Å². The largest absolute Gasteiger partial charge is 0.497 e. The Labute approximate surface area is 160 Å². The van der Waals surface area contributed by atoms with Gasteiger partial charge in [-0.3, -0.25) is 4.79 Å². The first-order valence-electron chi connectivity index (χ1n) is 8.88. The highest BCUT2D eigenvalue weighted by Crippen LogP contribution is 2.19. The van der Waals surface area contributed by atoms with Crippen LogP contribution in [0.25, 0.3) is 0 Å². The SMILES string of the molecule is CCN(/C=C(/C#N)C(=O)NC(C)c1ccc(OC)cc1)c1cccc(C)c1. The van der Waals surface area contributed by atoms with Crippen molar-refractivity contribution in [2.24, 2.45) is 0 Å². The third-order valence-corrected chi connectivity index (χ3v) is 4.29. The molecule has 0 fully saturated rings. The van der Waals surface area contributed by atoms with E-state index in [1.54, 1.807) is 13.3 Å². The molecule has 27 heavy (non-hydrogen) atoms. The minimum absolute atomic E-state index is 0.0683. The van der Waals surface area contributed by atoms with Crippen molar-refractivity contribution in [3.8, 4) is 11.8 Å². The molecule has 0 aliphatic heterocycles. The molecule has 0 saturated carbocycles. The first-order valence-corrected chi connectivity index (χ1v) is 8.88. The maximum atomic E-state index is 12.6. The molecule has 1 amide bonds. The lowest BCUT2D eigenvalue weighted by Gasteiger charge is -2.20. The van der Waals surface area contributed by atoms with Crippen molar-refractivity contribution < 1.29 is 9.53 Å². The van der Waals surface area contributed by atoms with Gasteiger partial charge in [-0.1, -0.05) is 24.3 Å². The smallest absolute Gasteiger partial charge is 0.263 e. The number of aryl methyl sites for hydroxylation is 1. The summed E-state index contributed by atoms with van der Waals surface area (Å²) in [6.45, 7) is 6.52. The van der Waals surface area contributed by atoms with Crippen LogP contribution in [0.15, 0.2) is 60.3 Å². The van der Waals surface area contributed by atoms with E-state index in [9.17, 15) is 10.1 Å². The average molecular weight is 363 g/mol. The Kier molecular flexibility index (Phi) is 7.01. The Morgan fingerprint density at radius 2 is 2.00 bits per heavy atom. The second kappa shape index (κ2) is 9.44. The summed E-state index contributed by atoms with van der Waals surface area (Å²) in [7, 11) is 1.61. The highest BCUT2D eigenvalue weighted by molar-refractivity contribution is 5.97. The lowest BCUT2D eigenvalue weighted by atomic mass is 10.1. The molecule has 2 aromatic rings. The van der Waals surface area contributed by atoms with Crippen LogP contribution in [0.4, 0.5) is 5.69 Å².